The minimum atomic E-state index is -3.24. The fourth-order valence-corrected chi connectivity index (χ4v) is 1.37. The molecule has 0 aromatic heterocycles. The van der Waals surface area contributed by atoms with E-state index in [-0.39, 0.29) is 18.2 Å². The Hall–Kier alpha value is -0.660. The molecule has 1 unspecified atom stereocenters. The van der Waals surface area contributed by atoms with Gasteiger partial charge in [0.25, 0.3) is 0 Å². The molecule has 0 aliphatic carbocycles. The van der Waals surface area contributed by atoms with Crippen LogP contribution in [0.3, 0.4) is 0 Å². The molecule has 84 valence electrons. The molecule has 7 heteroatoms. The van der Waals surface area contributed by atoms with Gasteiger partial charge in [-0.15, -0.1) is 0 Å². The lowest BCUT2D eigenvalue weighted by Crippen LogP contribution is -2.41. The zero-order chi connectivity index (χ0) is 11.4. The summed E-state index contributed by atoms with van der Waals surface area (Å²) in [5.41, 5.74) is 5.27. The van der Waals surface area contributed by atoms with Crippen LogP contribution in [-0.2, 0) is 14.8 Å². The Balaban J connectivity index is 3.93. The van der Waals surface area contributed by atoms with Crippen molar-refractivity contribution in [2.45, 2.75) is 13.0 Å². The second kappa shape index (κ2) is 5.28. The van der Waals surface area contributed by atoms with Gasteiger partial charge in [0, 0.05) is 20.6 Å². The first kappa shape index (κ1) is 13.3. The minimum absolute atomic E-state index is 0.0842. The van der Waals surface area contributed by atoms with E-state index in [1.54, 1.807) is 0 Å². The van der Waals surface area contributed by atoms with Crippen LogP contribution >= 0.6 is 0 Å². The molecule has 14 heavy (non-hydrogen) atoms. The van der Waals surface area contributed by atoms with Crippen LogP contribution < -0.4 is 11.1 Å². The van der Waals surface area contributed by atoms with Gasteiger partial charge in [-0.3, -0.25) is 4.79 Å². The van der Waals surface area contributed by atoms with Gasteiger partial charge < -0.3 is 11.1 Å². The van der Waals surface area contributed by atoms with Crippen LogP contribution in [0.2, 0.25) is 0 Å². The molecule has 0 saturated heterocycles. The molecular formula is C7H17N3O3S. The third-order valence-corrected chi connectivity index (χ3v) is 3.46. The molecule has 0 aliphatic heterocycles. The minimum Gasteiger partial charge on any atom is -0.354 e. The summed E-state index contributed by atoms with van der Waals surface area (Å²) in [5, 5.41) is 2.42. The monoisotopic (exact) mass is 223 g/mol. The van der Waals surface area contributed by atoms with E-state index in [4.69, 9.17) is 5.73 Å². The second-order valence-corrected chi connectivity index (χ2v) is 5.48. The molecule has 0 spiro atoms. The zero-order valence-corrected chi connectivity index (χ0v) is 9.47. The number of rotatable bonds is 5. The van der Waals surface area contributed by atoms with E-state index >= 15 is 0 Å². The number of sulfonamides is 1. The van der Waals surface area contributed by atoms with E-state index in [0.29, 0.717) is 0 Å². The molecule has 0 aromatic carbocycles. The standard InChI is InChI=1S/C7H17N3O3S/c1-6(8)7(11)9-4-5-14(12,13)10(2)3/h6H,4-5,8H2,1-3H3,(H,9,11). The predicted molar refractivity (Wildman–Crippen MR) is 54.1 cm³/mol. The summed E-state index contributed by atoms with van der Waals surface area (Å²) in [6.07, 6.45) is 0. The van der Waals surface area contributed by atoms with Crippen molar-refractivity contribution >= 4 is 15.9 Å². The van der Waals surface area contributed by atoms with E-state index in [1.807, 2.05) is 0 Å². The Kier molecular flexibility index (Phi) is 5.03. The smallest absolute Gasteiger partial charge is 0.236 e. The highest BCUT2D eigenvalue weighted by molar-refractivity contribution is 7.89. The average molecular weight is 223 g/mol. The lowest BCUT2D eigenvalue weighted by atomic mass is 10.3. The Morgan fingerprint density at radius 3 is 2.36 bits per heavy atom. The van der Waals surface area contributed by atoms with Crippen molar-refractivity contribution in [2.75, 3.05) is 26.4 Å². The molecule has 6 nitrogen and oxygen atoms in total. The number of nitrogens with one attached hydrogen (secondary N) is 1. The molecule has 0 aliphatic rings. The van der Waals surface area contributed by atoms with E-state index in [9.17, 15) is 13.2 Å². The topological polar surface area (TPSA) is 92.5 Å². The third-order valence-electron chi connectivity index (χ3n) is 1.63. The maximum Gasteiger partial charge on any atom is 0.236 e. The van der Waals surface area contributed by atoms with Crippen LogP contribution in [0.15, 0.2) is 0 Å². The number of nitrogens with two attached hydrogens (primary N) is 1. The van der Waals surface area contributed by atoms with Gasteiger partial charge in [0.15, 0.2) is 0 Å². The van der Waals surface area contributed by atoms with E-state index < -0.39 is 16.1 Å². The largest absolute Gasteiger partial charge is 0.354 e. The molecule has 0 fully saturated rings. The van der Waals surface area contributed by atoms with E-state index in [2.05, 4.69) is 5.32 Å². The van der Waals surface area contributed by atoms with Crippen molar-refractivity contribution in [3.05, 3.63) is 0 Å². The normalized spacial score (nSPS) is 14.1. The zero-order valence-electron chi connectivity index (χ0n) is 8.65. The fourth-order valence-electron chi connectivity index (χ4n) is 0.647. The molecule has 3 N–H and O–H groups in total. The van der Waals surface area contributed by atoms with Gasteiger partial charge in [0.2, 0.25) is 15.9 Å². The Morgan fingerprint density at radius 2 is 2.00 bits per heavy atom. The lowest BCUT2D eigenvalue weighted by Gasteiger charge is -2.12. The molecule has 1 atom stereocenters. The Morgan fingerprint density at radius 1 is 1.50 bits per heavy atom. The molecule has 0 heterocycles. The second-order valence-electron chi connectivity index (χ2n) is 3.18. The maximum atomic E-state index is 11.2. The van der Waals surface area contributed by atoms with E-state index in [0.717, 1.165) is 4.31 Å². The summed E-state index contributed by atoms with van der Waals surface area (Å²) < 4.78 is 23.6. The van der Waals surface area contributed by atoms with Crippen LogP contribution in [0.4, 0.5) is 0 Å². The van der Waals surface area contributed by atoms with Gasteiger partial charge in [-0.05, 0) is 6.92 Å². The molecule has 0 radical (unpaired) electrons. The Labute approximate surface area is 84.5 Å². The number of carbonyl (C=O) groups excluding carboxylic acids is 1. The first-order valence-corrected chi connectivity index (χ1v) is 5.82. The number of hydrogen-bond donors (Lipinski definition) is 2. The van der Waals surface area contributed by atoms with Crippen LogP contribution in [0, 0.1) is 0 Å². The van der Waals surface area contributed by atoms with Gasteiger partial charge in [0.05, 0.1) is 11.8 Å². The Bertz CT molecular complexity index is 285. The lowest BCUT2D eigenvalue weighted by molar-refractivity contribution is -0.121. The summed E-state index contributed by atoms with van der Waals surface area (Å²) in [6, 6.07) is -0.614. The quantitative estimate of drug-likeness (QED) is 0.583. The average Bonchev–Trinajstić information content (AvgIpc) is 2.03. The van der Waals surface area contributed by atoms with Crippen LogP contribution in [0.1, 0.15) is 6.92 Å². The highest BCUT2D eigenvalue weighted by Crippen LogP contribution is 1.92. The fraction of sp³-hybridized carbons (Fsp3) is 0.857. The van der Waals surface area contributed by atoms with Gasteiger partial charge in [-0.25, -0.2) is 12.7 Å². The number of hydrogen-bond acceptors (Lipinski definition) is 4. The molecule has 0 aromatic rings. The maximum absolute atomic E-state index is 11.2. The van der Waals surface area contributed by atoms with Crippen LogP contribution in [0.25, 0.3) is 0 Å². The van der Waals surface area contributed by atoms with Crippen molar-refractivity contribution in [2.24, 2.45) is 5.73 Å². The highest BCUT2D eigenvalue weighted by Gasteiger charge is 2.14. The predicted octanol–water partition coefficient (Wildman–Crippen LogP) is -1.66. The first-order chi connectivity index (χ1) is 6.27. The van der Waals surface area contributed by atoms with Gasteiger partial charge >= 0.3 is 0 Å². The van der Waals surface area contributed by atoms with E-state index in [1.165, 1.54) is 21.0 Å². The van der Waals surface area contributed by atoms with Crippen molar-refractivity contribution < 1.29 is 13.2 Å². The molecule has 0 bridgehead atoms. The number of amides is 1. The molecule has 1 amide bonds. The van der Waals surface area contributed by atoms with Crippen molar-refractivity contribution in [3.8, 4) is 0 Å². The van der Waals surface area contributed by atoms with Gasteiger partial charge in [0.1, 0.15) is 0 Å². The van der Waals surface area contributed by atoms with Gasteiger partial charge in [-0.1, -0.05) is 0 Å². The first-order valence-electron chi connectivity index (χ1n) is 4.21. The summed E-state index contributed by atoms with van der Waals surface area (Å²) >= 11 is 0. The van der Waals surface area contributed by atoms with Crippen molar-refractivity contribution in [3.63, 3.8) is 0 Å². The summed E-state index contributed by atoms with van der Waals surface area (Å²) in [5.74, 6) is -0.461. The summed E-state index contributed by atoms with van der Waals surface area (Å²) in [4.78, 5) is 11.0. The summed E-state index contributed by atoms with van der Waals surface area (Å²) in [6.45, 7) is 1.62. The molecular weight excluding hydrogens is 206 g/mol. The molecule has 0 saturated carbocycles. The number of carbonyl (C=O) groups is 1. The molecule has 0 rings (SSSR count). The van der Waals surface area contributed by atoms with Crippen molar-refractivity contribution in [1.82, 2.24) is 9.62 Å². The third kappa shape index (κ3) is 4.54. The van der Waals surface area contributed by atoms with Crippen LogP contribution in [-0.4, -0.2) is 51.1 Å². The van der Waals surface area contributed by atoms with Crippen molar-refractivity contribution in [1.29, 1.82) is 0 Å². The SMILES string of the molecule is CC(N)C(=O)NCCS(=O)(=O)N(C)C. The van der Waals surface area contributed by atoms with Crippen LogP contribution in [0.5, 0.6) is 0 Å². The highest BCUT2D eigenvalue weighted by atomic mass is 32.2. The summed E-state index contributed by atoms with van der Waals surface area (Å²) in [7, 11) is -0.348. The van der Waals surface area contributed by atoms with Gasteiger partial charge in [-0.2, -0.15) is 0 Å². The number of nitrogens with zero attached hydrogens (tertiary/aromatic N) is 1.